The van der Waals surface area contributed by atoms with Crippen LogP contribution in [-0.4, -0.2) is 5.11 Å². The molecule has 14 heavy (non-hydrogen) atoms. The molecule has 1 nitrogen and oxygen atoms in total. The molecule has 0 saturated heterocycles. The largest absolute Gasteiger partial charge is 0.385 e. The van der Waals surface area contributed by atoms with Crippen molar-refractivity contribution in [1.29, 1.82) is 0 Å². The Balaban J connectivity index is 2.97. The van der Waals surface area contributed by atoms with E-state index in [0.717, 1.165) is 12.0 Å². The van der Waals surface area contributed by atoms with Crippen molar-refractivity contribution in [3.8, 4) is 0 Å². The molecule has 1 aromatic rings. The number of hydrogen-bond acceptors (Lipinski definition) is 1. The molecule has 0 bridgehead atoms. The minimum absolute atomic E-state index is 0.283. The van der Waals surface area contributed by atoms with Crippen molar-refractivity contribution < 1.29 is 5.11 Å². The predicted molar refractivity (Wildman–Crippen MR) is 60.2 cm³/mol. The van der Waals surface area contributed by atoms with E-state index in [0.29, 0.717) is 0 Å². The molecule has 0 aliphatic rings. The van der Waals surface area contributed by atoms with E-state index in [2.05, 4.69) is 20.8 Å². The summed E-state index contributed by atoms with van der Waals surface area (Å²) in [7, 11) is 0. The van der Waals surface area contributed by atoms with Crippen LogP contribution in [0.1, 0.15) is 38.3 Å². The average molecular weight is 192 g/mol. The third-order valence-electron chi connectivity index (χ3n) is 3.21. The predicted octanol–water partition coefficient (Wildman–Crippen LogP) is 3.25. The number of aryl methyl sites for hydroxylation is 1. The first-order chi connectivity index (χ1) is 6.48. The number of benzene rings is 1. The molecule has 1 aromatic carbocycles. The lowest BCUT2D eigenvalue weighted by Crippen LogP contribution is -2.29. The van der Waals surface area contributed by atoms with Gasteiger partial charge in [0, 0.05) is 0 Å². The first kappa shape index (κ1) is 11.3. The Labute approximate surface area is 86.8 Å². The molecule has 1 N–H and O–H groups in total. The van der Waals surface area contributed by atoms with E-state index in [4.69, 9.17) is 0 Å². The molecule has 0 spiro atoms. The minimum Gasteiger partial charge on any atom is -0.385 e. The highest BCUT2D eigenvalue weighted by Gasteiger charge is 2.28. The van der Waals surface area contributed by atoms with Gasteiger partial charge in [-0.2, -0.15) is 0 Å². The molecule has 0 fully saturated rings. The number of hydrogen-bond donors (Lipinski definition) is 1. The highest BCUT2D eigenvalue weighted by Crippen LogP contribution is 2.31. The van der Waals surface area contributed by atoms with Gasteiger partial charge in [0.2, 0.25) is 0 Å². The van der Waals surface area contributed by atoms with Crippen LogP contribution in [-0.2, 0) is 5.60 Å². The molecule has 0 heterocycles. The maximum Gasteiger partial charge on any atom is 0.0893 e. The van der Waals surface area contributed by atoms with Crippen molar-refractivity contribution in [1.82, 2.24) is 0 Å². The molecule has 2 atom stereocenters. The maximum absolute atomic E-state index is 10.3. The Kier molecular flexibility index (Phi) is 3.33. The first-order valence-corrected chi connectivity index (χ1v) is 5.28. The summed E-state index contributed by atoms with van der Waals surface area (Å²) in [6.07, 6.45) is 0.987. The third kappa shape index (κ3) is 2.16. The molecule has 0 radical (unpaired) electrons. The summed E-state index contributed by atoms with van der Waals surface area (Å²) in [6, 6.07) is 8.13. The second-order valence-corrected chi connectivity index (χ2v) is 4.32. The zero-order chi connectivity index (χ0) is 10.8. The van der Waals surface area contributed by atoms with Gasteiger partial charge < -0.3 is 5.11 Å². The molecule has 0 aliphatic heterocycles. The van der Waals surface area contributed by atoms with Crippen LogP contribution in [0.5, 0.6) is 0 Å². The van der Waals surface area contributed by atoms with Crippen LogP contribution < -0.4 is 0 Å². The fraction of sp³-hybridized carbons (Fsp3) is 0.538. The summed E-state index contributed by atoms with van der Waals surface area (Å²) in [6.45, 7) is 8.14. The van der Waals surface area contributed by atoms with Gasteiger partial charge in [0.05, 0.1) is 5.60 Å². The van der Waals surface area contributed by atoms with Gasteiger partial charge in [-0.15, -0.1) is 0 Å². The van der Waals surface area contributed by atoms with Crippen LogP contribution in [0, 0.1) is 12.8 Å². The van der Waals surface area contributed by atoms with E-state index in [9.17, 15) is 5.11 Å². The fourth-order valence-corrected chi connectivity index (χ4v) is 1.57. The van der Waals surface area contributed by atoms with E-state index < -0.39 is 5.60 Å². The second kappa shape index (κ2) is 4.14. The molecule has 2 unspecified atom stereocenters. The quantitative estimate of drug-likeness (QED) is 0.779. The topological polar surface area (TPSA) is 20.2 Å². The Morgan fingerprint density at radius 1 is 1.29 bits per heavy atom. The molecule has 0 saturated carbocycles. The van der Waals surface area contributed by atoms with Gasteiger partial charge in [-0.05, 0) is 25.3 Å². The molecular weight excluding hydrogens is 172 g/mol. The van der Waals surface area contributed by atoms with Gasteiger partial charge >= 0.3 is 0 Å². The van der Waals surface area contributed by atoms with Crippen molar-refractivity contribution in [2.75, 3.05) is 0 Å². The lowest BCUT2D eigenvalue weighted by Gasteiger charge is -2.30. The van der Waals surface area contributed by atoms with Crippen LogP contribution in [0.3, 0.4) is 0 Å². The lowest BCUT2D eigenvalue weighted by atomic mass is 9.82. The molecule has 1 heteroatoms. The van der Waals surface area contributed by atoms with Gasteiger partial charge in [-0.1, -0.05) is 50.1 Å². The first-order valence-electron chi connectivity index (χ1n) is 5.28. The molecular formula is C13H20O. The van der Waals surface area contributed by atoms with Crippen molar-refractivity contribution in [2.24, 2.45) is 5.92 Å². The van der Waals surface area contributed by atoms with Crippen LogP contribution >= 0.6 is 0 Å². The van der Waals surface area contributed by atoms with Gasteiger partial charge in [0.1, 0.15) is 0 Å². The van der Waals surface area contributed by atoms with Gasteiger partial charge in [-0.25, -0.2) is 0 Å². The monoisotopic (exact) mass is 192 g/mol. The van der Waals surface area contributed by atoms with Gasteiger partial charge in [-0.3, -0.25) is 0 Å². The van der Waals surface area contributed by atoms with E-state index in [1.165, 1.54) is 5.56 Å². The maximum atomic E-state index is 10.3. The Morgan fingerprint density at radius 3 is 2.21 bits per heavy atom. The highest BCUT2D eigenvalue weighted by atomic mass is 16.3. The Bertz CT molecular complexity index is 285. The highest BCUT2D eigenvalue weighted by molar-refractivity contribution is 5.26. The summed E-state index contributed by atoms with van der Waals surface area (Å²) in [4.78, 5) is 0. The van der Waals surface area contributed by atoms with E-state index >= 15 is 0 Å². The Morgan fingerprint density at radius 2 is 1.79 bits per heavy atom. The molecule has 78 valence electrons. The minimum atomic E-state index is -0.706. The summed E-state index contributed by atoms with van der Waals surface area (Å²) in [5.41, 5.74) is 1.54. The number of aliphatic hydroxyl groups is 1. The van der Waals surface area contributed by atoms with Crippen LogP contribution in [0.25, 0.3) is 0 Å². The van der Waals surface area contributed by atoms with E-state index in [1.54, 1.807) is 0 Å². The van der Waals surface area contributed by atoms with Crippen molar-refractivity contribution in [3.05, 3.63) is 35.4 Å². The second-order valence-electron chi connectivity index (χ2n) is 4.32. The summed E-state index contributed by atoms with van der Waals surface area (Å²) in [5, 5.41) is 10.3. The Hall–Kier alpha value is -0.820. The number of rotatable bonds is 3. The fourth-order valence-electron chi connectivity index (χ4n) is 1.57. The molecule has 0 amide bonds. The van der Waals surface area contributed by atoms with Gasteiger partial charge in [0.15, 0.2) is 0 Å². The lowest BCUT2D eigenvalue weighted by molar-refractivity contribution is 0.0000143. The SMILES string of the molecule is CCC(C)C(C)(O)c1ccc(C)cc1. The van der Waals surface area contributed by atoms with Crippen LogP contribution in [0.2, 0.25) is 0 Å². The zero-order valence-corrected chi connectivity index (χ0v) is 9.54. The van der Waals surface area contributed by atoms with Crippen molar-refractivity contribution >= 4 is 0 Å². The third-order valence-corrected chi connectivity index (χ3v) is 3.21. The van der Waals surface area contributed by atoms with Gasteiger partial charge in [0.25, 0.3) is 0 Å². The van der Waals surface area contributed by atoms with Crippen molar-refractivity contribution in [3.63, 3.8) is 0 Å². The van der Waals surface area contributed by atoms with Crippen molar-refractivity contribution in [2.45, 2.75) is 39.7 Å². The summed E-state index contributed by atoms with van der Waals surface area (Å²) >= 11 is 0. The normalized spacial score (nSPS) is 17.5. The van der Waals surface area contributed by atoms with Crippen LogP contribution in [0.15, 0.2) is 24.3 Å². The molecule has 0 aliphatic carbocycles. The zero-order valence-electron chi connectivity index (χ0n) is 9.54. The standard InChI is InChI=1S/C13H20O/c1-5-11(3)13(4,14)12-8-6-10(2)7-9-12/h6-9,11,14H,5H2,1-4H3. The summed E-state index contributed by atoms with van der Waals surface area (Å²) in [5.74, 6) is 0.283. The molecule has 0 aromatic heterocycles. The summed E-state index contributed by atoms with van der Waals surface area (Å²) < 4.78 is 0. The van der Waals surface area contributed by atoms with E-state index in [1.807, 2.05) is 31.2 Å². The van der Waals surface area contributed by atoms with E-state index in [-0.39, 0.29) is 5.92 Å². The molecule has 1 rings (SSSR count). The van der Waals surface area contributed by atoms with Crippen LogP contribution in [0.4, 0.5) is 0 Å². The average Bonchev–Trinajstić information content (AvgIpc) is 2.17. The smallest absolute Gasteiger partial charge is 0.0893 e.